The SMILES string of the molecule is C=C(/N=C\C)NC12CC(NC(=O)OC(C)(C)C)(C1)C2. The summed E-state index contributed by atoms with van der Waals surface area (Å²) >= 11 is 0. The third-order valence-corrected chi connectivity index (χ3v) is 3.49. The van der Waals surface area contributed by atoms with Gasteiger partial charge in [-0.15, -0.1) is 0 Å². The normalized spacial score (nSPS) is 32.2. The summed E-state index contributed by atoms with van der Waals surface area (Å²) in [6.07, 6.45) is 4.13. The third kappa shape index (κ3) is 2.91. The van der Waals surface area contributed by atoms with E-state index < -0.39 is 5.60 Å². The number of aliphatic imine (C=N–C) groups is 1. The second kappa shape index (κ2) is 4.25. The Kier molecular flexibility index (Phi) is 3.11. The molecule has 5 heteroatoms. The Hall–Kier alpha value is -1.52. The van der Waals surface area contributed by atoms with Crippen LogP contribution in [0.15, 0.2) is 17.4 Å². The first kappa shape index (κ1) is 13.9. The summed E-state index contributed by atoms with van der Waals surface area (Å²) in [5, 5.41) is 6.30. The van der Waals surface area contributed by atoms with Crippen LogP contribution in [0.2, 0.25) is 0 Å². The number of alkyl carbamates (subject to hydrolysis) is 1. The fourth-order valence-electron chi connectivity index (χ4n) is 3.07. The van der Waals surface area contributed by atoms with Crippen LogP contribution in [-0.2, 0) is 4.74 Å². The van der Waals surface area contributed by atoms with Gasteiger partial charge in [-0.1, -0.05) is 6.58 Å². The summed E-state index contributed by atoms with van der Waals surface area (Å²) < 4.78 is 5.27. The summed E-state index contributed by atoms with van der Waals surface area (Å²) in [4.78, 5) is 15.8. The Balaban J connectivity index is 1.77. The molecule has 106 valence electrons. The molecule has 3 aliphatic rings. The lowest BCUT2D eigenvalue weighted by atomic mass is 9.44. The molecule has 0 atom stereocenters. The van der Waals surface area contributed by atoms with Gasteiger partial charge in [-0.2, -0.15) is 0 Å². The average Bonchev–Trinajstić information content (AvgIpc) is 2.09. The van der Waals surface area contributed by atoms with Crippen molar-refractivity contribution in [3.05, 3.63) is 12.4 Å². The lowest BCUT2D eigenvalue weighted by molar-refractivity contribution is -0.0980. The number of carbonyl (C=O) groups excluding carboxylic acids is 1. The van der Waals surface area contributed by atoms with Crippen LogP contribution in [-0.4, -0.2) is 29.0 Å². The number of amides is 1. The smallest absolute Gasteiger partial charge is 0.408 e. The summed E-state index contributed by atoms with van der Waals surface area (Å²) in [6.45, 7) is 11.3. The van der Waals surface area contributed by atoms with Gasteiger partial charge in [0.25, 0.3) is 0 Å². The van der Waals surface area contributed by atoms with Crippen molar-refractivity contribution in [3.63, 3.8) is 0 Å². The molecule has 5 nitrogen and oxygen atoms in total. The molecule has 2 bridgehead atoms. The molecule has 0 aromatic rings. The highest BCUT2D eigenvalue weighted by atomic mass is 16.6. The van der Waals surface area contributed by atoms with Crippen molar-refractivity contribution in [3.8, 4) is 0 Å². The summed E-state index contributed by atoms with van der Waals surface area (Å²) in [7, 11) is 0. The summed E-state index contributed by atoms with van der Waals surface area (Å²) in [5.41, 5.74) is -0.447. The van der Waals surface area contributed by atoms with Crippen molar-refractivity contribution in [2.75, 3.05) is 0 Å². The van der Waals surface area contributed by atoms with Gasteiger partial charge >= 0.3 is 6.09 Å². The van der Waals surface area contributed by atoms with Crippen molar-refractivity contribution in [2.24, 2.45) is 4.99 Å². The van der Waals surface area contributed by atoms with E-state index in [1.807, 2.05) is 27.7 Å². The van der Waals surface area contributed by atoms with Crippen molar-refractivity contribution in [1.82, 2.24) is 10.6 Å². The second-order valence-electron chi connectivity index (χ2n) is 6.68. The molecule has 0 saturated heterocycles. The molecular weight excluding hydrogens is 242 g/mol. The number of nitrogens with zero attached hydrogens (tertiary/aromatic N) is 1. The van der Waals surface area contributed by atoms with Crippen molar-refractivity contribution in [2.45, 2.75) is 63.6 Å². The molecule has 3 rings (SSSR count). The molecule has 0 radical (unpaired) electrons. The third-order valence-electron chi connectivity index (χ3n) is 3.49. The Labute approximate surface area is 114 Å². The fourth-order valence-corrected chi connectivity index (χ4v) is 3.07. The van der Waals surface area contributed by atoms with Gasteiger partial charge in [-0.25, -0.2) is 9.79 Å². The first-order valence-corrected chi connectivity index (χ1v) is 6.65. The molecule has 0 aliphatic heterocycles. The number of nitrogens with one attached hydrogen (secondary N) is 2. The molecular formula is C14H23N3O2. The monoisotopic (exact) mass is 265 g/mol. The van der Waals surface area contributed by atoms with Crippen LogP contribution in [0, 0.1) is 0 Å². The van der Waals surface area contributed by atoms with E-state index in [1.54, 1.807) is 6.21 Å². The average molecular weight is 265 g/mol. The highest BCUT2D eigenvalue weighted by Gasteiger charge is 2.69. The van der Waals surface area contributed by atoms with E-state index in [4.69, 9.17) is 4.74 Å². The number of ether oxygens (including phenoxy) is 1. The quantitative estimate of drug-likeness (QED) is 0.767. The highest BCUT2D eigenvalue weighted by molar-refractivity contribution is 5.70. The molecule has 1 amide bonds. The maximum Gasteiger partial charge on any atom is 0.408 e. The standard InChI is InChI=1S/C14H23N3O2/c1-6-15-10(2)16-13-7-14(8-13,9-13)17-11(18)19-12(3,4)5/h6,16H,2,7-9H2,1,3-5H3,(H,17,18)/b15-6-. The summed E-state index contributed by atoms with van der Waals surface area (Å²) in [6, 6.07) is 0. The van der Waals surface area contributed by atoms with Gasteiger partial charge < -0.3 is 15.4 Å². The number of carbonyl (C=O) groups is 1. The molecule has 19 heavy (non-hydrogen) atoms. The van der Waals surface area contributed by atoms with Crippen LogP contribution in [0.5, 0.6) is 0 Å². The van der Waals surface area contributed by atoms with E-state index in [9.17, 15) is 4.79 Å². The molecule has 0 spiro atoms. The minimum absolute atomic E-state index is 0.0778. The molecule has 3 aliphatic carbocycles. The molecule has 0 aromatic carbocycles. The van der Waals surface area contributed by atoms with Gasteiger partial charge in [0.1, 0.15) is 11.4 Å². The lowest BCUT2D eigenvalue weighted by Crippen LogP contribution is -2.83. The van der Waals surface area contributed by atoms with E-state index >= 15 is 0 Å². The minimum atomic E-state index is -0.451. The van der Waals surface area contributed by atoms with E-state index in [1.165, 1.54) is 0 Å². The van der Waals surface area contributed by atoms with Gasteiger partial charge in [0.15, 0.2) is 0 Å². The van der Waals surface area contributed by atoms with Crippen molar-refractivity contribution in [1.29, 1.82) is 0 Å². The highest BCUT2D eigenvalue weighted by Crippen LogP contribution is 2.60. The van der Waals surface area contributed by atoms with Gasteiger partial charge in [-0.3, -0.25) is 0 Å². The summed E-state index contributed by atoms with van der Waals surface area (Å²) in [5.74, 6) is 0.688. The molecule has 3 fully saturated rings. The lowest BCUT2D eigenvalue weighted by Gasteiger charge is -2.70. The van der Waals surface area contributed by atoms with E-state index in [0.717, 1.165) is 19.3 Å². The van der Waals surface area contributed by atoms with Crippen molar-refractivity contribution < 1.29 is 9.53 Å². The Morgan fingerprint density at radius 2 is 1.79 bits per heavy atom. The predicted octanol–water partition coefficient (Wildman–Crippen LogP) is 2.34. The van der Waals surface area contributed by atoms with Crippen LogP contribution in [0.1, 0.15) is 47.0 Å². The van der Waals surface area contributed by atoms with Crippen LogP contribution in [0.3, 0.4) is 0 Å². The van der Waals surface area contributed by atoms with Crippen LogP contribution in [0.4, 0.5) is 4.79 Å². The largest absolute Gasteiger partial charge is 0.444 e. The first-order valence-electron chi connectivity index (χ1n) is 6.65. The van der Waals surface area contributed by atoms with Crippen LogP contribution < -0.4 is 10.6 Å². The number of hydrogen-bond acceptors (Lipinski definition) is 4. The van der Waals surface area contributed by atoms with Gasteiger partial charge in [0, 0.05) is 11.8 Å². The fraction of sp³-hybridized carbons (Fsp3) is 0.714. The maximum atomic E-state index is 11.7. The maximum absolute atomic E-state index is 11.7. The van der Waals surface area contributed by atoms with Crippen molar-refractivity contribution >= 4 is 12.3 Å². The van der Waals surface area contributed by atoms with Crippen LogP contribution >= 0.6 is 0 Å². The minimum Gasteiger partial charge on any atom is -0.444 e. The van der Waals surface area contributed by atoms with Gasteiger partial charge in [0.05, 0.1) is 5.54 Å². The predicted molar refractivity (Wildman–Crippen MR) is 75.1 cm³/mol. The zero-order valence-electron chi connectivity index (χ0n) is 12.2. The Morgan fingerprint density at radius 1 is 1.26 bits per heavy atom. The van der Waals surface area contributed by atoms with E-state index in [2.05, 4.69) is 22.2 Å². The number of hydrogen-bond donors (Lipinski definition) is 2. The number of rotatable bonds is 4. The Morgan fingerprint density at radius 3 is 2.26 bits per heavy atom. The van der Waals surface area contributed by atoms with E-state index in [0.29, 0.717) is 5.82 Å². The van der Waals surface area contributed by atoms with Crippen LogP contribution in [0.25, 0.3) is 0 Å². The zero-order chi connectivity index (χ0) is 14.3. The zero-order valence-corrected chi connectivity index (χ0v) is 12.2. The molecule has 0 aromatic heterocycles. The topological polar surface area (TPSA) is 62.7 Å². The van der Waals surface area contributed by atoms with Gasteiger partial charge in [0.2, 0.25) is 0 Å². The molecule has 0 unspecified atom stereocenters. The molecule has 3 saturated carbocycles. The van der Waals surface area contributed by atoms with E-state index in [-0.39, 0.29) is 17.2 Å². The first-order chi connectivity index (χ1) is 8.68. The second-order valence-corrected chi connectivity index (χ2v) is 6.68. The van der Waals surface area contributed by atoms with Gasteiger partial charge in [-0.05, 0) is 47.0 Å². The Bertz CT molecular complexity index is 415. The molecule has 0 heterocycles. The molecule has 2 N–H and O–H groups in total.